The summed E-state index contributed by atoms with van der Waals surface area (Å²) in [6.45, 7) is 1.17. The zero-order valence-corrected chi connectivity index (χ0v) is 55.8. The van der Waals surface area contributed by atoms with Crippen molar-refractivity contribution in [3.63, 3.8) is 0 Å². The molecule has 5 aliphatic rings. The number of aromatic nitrogens is 18. The number of pyridine rings is 10. The van der Waals surface area contributed by atoms with E-state index in [1.807, 2.05) is 168 Å². The van der Waals surface area contributed by atoms with Crippen molar-refractivity contribution in [1.82, 2.24) is 63.5 Å². The Morgan fingerprint density at radius 1 is 0.359 bits per heavy atom. The van der Waals surface area contributed by atoms with Gasteiger partial charge in [0.1, 0.15) is 51.8 Å². The standard InChI is InChI=1S/C20H13N4O.2C15H11N4O.C14H8N3O2.C14H8N3S2/c1-2-6-13(7-3-1)24-18-15(9-5-11-22-18)17-19(24)23-12-16-14(20(23)25-17)8-4-10-21-16;2*1-18-13-10(5-3-7-17-13)12-14(18)19-8-11-9(15(19)20-12)4-2-6-16-11;2*1-3-8-10(15-5-1)7-17-13(8)18-11-9-4-2-6-16-12(9)19-14(11)17/h1-11H,12H2;2*2-7H,8H2,1H3;2*1-6H,7H2/q5*+1/i;1D3;;;. The smallest absolute Gasteiger partial charge is 0.413 e. The number of hydrogen-bond acceptors (Lipinski definition) is 17. The molecule has 0 N–H and O–H groups in total. The Labute approximate surface area is 591 Å². The molecule has 0 radical (unpaired) electrons. The highest BCUT2D eigenvalue weighted by Crippen LogP contribution is 2.43. The molecule has 0 spiro atoms. The number of oxazole rings is 4. The van der Waals surface area contributed by atoms with E-state index in [-0.39, 0.29) is 0 Å². The maximum atomic E-state index is 7.90. The number of nitrogens with zero attached hydrogens (tertiary/aromatic N) is 18. The summed E-state index contributed by atoms with van der Waals surface area (Å²) >= 11 is 3.64. The summed E-state index contributed by atoms with van der Waals surface area (Å²) in [7, 11) is 2.02. The minimum absolute atomic E-state index is 0.403. The summed E-state index contributed by atoms with van der Waals surface area (Å²) in [6.07, 6.45) is 17.8. The zero-order valence-electron chi connectivity index (χ0n) is 57.2. The van der Waals surface area contributed by atoms with Crippen LogP contribution in [0.15, 0.2) is 236 Å². The SMILES string of the molecule is Cn1c2ncccc2c2oc3[n+](c21)Cc1ncccc1-3.[2H]C([2H])([2H])n1c2ncccc2c2oc3[n+](c21)Cc1ncccc1-3.c1ccc(-n2c3ncccc3c3oc4[n+](c32)Cc2ncccc2-4)cc1.c1cnc2c(c1)-c1oc3c4cccnc4oc3[n+]1C2.c1cnc2c(c1)-c1sc3c4cccnc4sc3[n+]1C2. The fraction of sp³-hybridized carbons (Fsp3) is 0.0897. The van der Waals surface area contributed by atoms with Gasteiger partial charge in [0.2, 0.25) is 39.4 Å². The van der Waals surface area contributed by atoms with Gasteiger partial charge >= 0.3 is 28.5 Å². The topological polar surface area (TPSA) is 229 Å². The number of hydrogen-bond donors (Lipinski definition) is 0. The van der Waals surface area contributed by atoms with Gasteiger partial charge in [0.25, 0.3) is 33.1 Å². The number of aryl methyl sites for hydroxylation is 2. The molecule has 0 saturated heterocycles. The lowest BCUT2D eigenvalue weighted by atomic mass is 10.2. The average molecular weight is 1390 g/mol. The fourth-order valence-electron chi connectivity index (χ4n) is 15.1. The van der Waals surface area contributed by atoms with Gasteiger partial charge in [-0.15, -0.1) is 4.57 Å². The van der Waals surface area contributed by atoms with Crippen molar-refractivity contribution in [3.8, 4) is 62.1 Å². The first-order chi connectivity index (χ1) is 52.1. The normalized spacial score (nSPS) is 13.5. The van der Waals surface area contributed by atoms with Crippen molar-refractivity contribution < 1.29 is 49.0 Å². The highest BCUT2D eigenvalue weighted by molar-refractivity contribution is 7.32. The minimum Gasteiger partial charge on any atom is -0.413 e. The third kappa shape index (κ3) is 8.44. The molecule has 0 amide bonds. The zero-order chi connectivity index (χ0) is 70.2. The van der Waals surface area contributed by atoms with E-state index < -0.39 is 6.98 Å². The molecule has 0 bridgehead atoms. The molecule has 25 heteroatoms. The van der Waals surface area contributed by atoms with Crippen LogP contribution in [0.1, 0.15) is 32.6 Å². The van der Waals surface area contributed by atoms with Crippen LogP contribution < -0.4 is 22.8 Å². The lowest BCUT2D eigenvalue weighted by Crippen LogP contribution is -2.32. The lowest BCUT2D eigenvalue weighted by molar-refractivity contribution is -0.656. The van der Waals surface area contributed by atoms with Crippen LogP contribution in [0, 0.1) is 0 Å². The molecule has 25 heterocycles. The summed E-state index contributed by atoms with van der Waals surface area (Å²) < 4.78 is 71.5. The van der Waals surface area contributed by atoms with E-state index in [9.17, 15) is 0 Å². The maximum absolute atomic E-state index is 7.90. The van der Waals surface area contributed by atoms with E-state index in [4.69, 9.17) is 26.2 Å². The number of thiazole rings is 1. The predicted molar refractivity (Wildman–Crippen MR) is 383 cm³/mol. The molecule has 20 aromatic heterocycles. The van der Waals surface area contributed by atoms with E-state index in [2.05, 4.69) is 115 Å². The molecule has 26 rings (SSSR count). The summed E-state index contributed by atoms with van der Waals surface area (Å²) in [4.78, 5) is 46.6. The molecule has 21 aromatic rings. The van der Waals surface area contributed by atoms with Crippen molar-refractivity contribution in [2.75, 3.05) is 0 Å². The molecule has 0 atom stereocenters. The summed E-state index contributed by atoms with van der Waals surface area (Å²) in [6, 6.07) is 49.8. The molecule has 0 fully saturated rings. The van der Waals surface area contributed by atoms with Gasteiger partial charge < -0.3 is 22.1 Å². The average Bonchev–Trinajstić information content (AvgIpc) is 1.56. The van der Waals surface area contributed by atoms with Crippen LogP contribution in [-0.4, -0.2) is 63.5 Å². The Hall–Kier alpha value is -13.4. The molecule has 0 saturated carbocycles. The third-order valence-corrected chi connectivity index (χ3v) is 22.1. The fourth-order valence-corrected chi connectivity index (χ4v) is 17.8. The van der Waals surface area contributed by atoms with E-state index in [1.54, 1.807) is 42.2 Å². The van der Waals surface area contributed by atoms with E-state index in [0.29, 0.717) is 53.5 Å². The first-order valence-corrected chi connectivity index (χ1v) is 34.8. The van der Waals surface area contributed by atoms with Gasteiger partial charge in [0.05, 0.1) is 79.0 Å². The second kappa shape index (κ2) is 22.1. The first kappa shape index (κ1) is 54.5. The molecular formula is C78H51N18O5S2+5. The van der Waals surface area contributed by atoms with Gasteiger partial charge in [-0.05, 0) is 145 Å². The van der Waals surface area contributed by atoms with E-state index in [0.717, 1.165) is 148 Å². The predicted octanol–water partition coefficient (Wildman–Crippen LogP) is 13.1. The van der Waals surface area contributed by atoms with Crippen molar-refractivity contribution in [3.05, 3.63) is 242 Å². The summed E-state index contributed by atoms with van der Waals surface area (Å²) in [5, 5.41) is 6.29. The second-order valence-corrected chi connectivity index (χ2v) is 27.3. The summed E-state index contributed by atoms with van der Waals surface area (Å²) in [5.41, 5.74) is 20.9. The maximum Gasteiger partial charge on any atom is 0.423 e. The van der Waals surface area contributed by atoms with Crippen molar-refractivity contribution in [1.29, 1.82) is 0 Å². The Balaban J connectivity index is 0.0000000830. The molecule has 0 unspecified atom stereocenters. The highest BCUT2D eigenvalue weighted by Gasteiger charge is 2.42. The van der Waals surface area contributed by atoms with Crippen molar-refractivity contribution in [2.45, 2.75) is 32.7 Å². The lowest BCUT2D eigenvalue weighted by Gasteiger charge is -1.99. The quantitative estimate of drug-likeness (QED) is 0.139. The van der Waals surface area contributed by atoms with Gasteiger partial charge in [-0.25, -0.2) is 34.1 Å². The van der Waals surface area contributed by atoms with Crippen LogP contribution in [0.4, 0.5) is 0 Å². The Kier molecular flexibility index (Phi) is 11.7. The summed E-state index contributed by atoms with van der Waals surface area (Å²) in [5.74, 6) is 3.20. The van der Waals surface area contributed by atoms with Gasteiger partial charge in [-0.3, -0.25) is 24.9 Å². The molecule has 0 aliphatic carbocycles. The van der Waals surface area contributed by atoms with E-state index in [1.165, 1.54) is 35.7 Å². The number of furan rings is 1. The third-order valence-electron chi connectivity index (χ3n) is 19.6. The first-order valence-electron chi connectivity index (χ1n) is 34.7. The molecule has 23 nitrogen and oxygen atoms in total. The molecular weight excluding hydrogens is 1330 g/mol. The number of para-hydroxylation sites is 1. The van der Waals surface area contributed by atoms with Crippen LogP contribution in [0.2, 0.25) is 0 Å². The van der Waals surface area contributed by atoms with Crippen molar-refractivity contribution in [2.24, 2.45) is 14.0 Å². The number of fused-ring (bicyclic) bond motifs is 35. The second-order valence-electron chi connectivity index (χ2n) is 25.3. The van der Waals surface area contributed by atoms with Crippen molar-refractivity contribution >= 4 is 132 Å². The van der Waals surface area contributed by atoms with Gasteiger partial charge in [-0.1, -0.05) is 29.5 Å². The molecule has 1 aromatic carbocycles. The molecule has 5 aliphatic heterocycles. The Morgan fingerprint density at radius 2 is 0.777 bits per heavy atom. The number of thiophene rings is 1. The van der Waals surface area contributed by atoms with Gasteiger partial charge in [0, 0.05) is 67.4 Å². The molecule has 103 heavy (non-hydrogen) atoms. The van der Waals surface area contributed by atoms with Crippen LogP contribution in [-0.2, 0) is 46.7 Å². The largest absolute Gasteiger partial charge is 0.423 e. The highest BCUT2D eigenvalue weighted by atomic mass is 32.1. The molecule has 490 valence electrons. The number of benzene rings is 1. The Morgan fingerprint density at radius 3 is 1.36 bits per heavy atom. The van der Waals surface area contributed by atoms with Gasteiger partial charge in [-0.2, -0.15) is 22.8 Å². The van der Waals surface area contributed by atoms with Gasteiger partial charge in [0.15, 0.2) is 13.1 Å². The Bertz CT molecular complexity index is 7100. The van der Waals surface area contributed by atoms with Crippen LogP contribution in [0.5, 0.6) is 0 Å². The van der Waals surface area contributed by atoms with Crippen LogP contribution in [0.25, 0.3) is 171 Å². The van der Waals surface area contributed by atoms with E-state index >= 15 is 0 Å². The number of rotatable bonds is 1. The van der Waals surface area contributed by atoms with Crippen LogP contribution >= 0.6 is 22.7 Å². The monoisotopic (exact) mass is 1390 g/mol. The van der Waals surface area contributed by atoms with Crippen LogP contribution in [0.3, 0.4) is 0 Å². The minimum atomic E-state index is -2.35.